The smallest absolute Gasteiger partial charge is 0.371 e. The number of rotatable bonds is 10. The average molecular weight is 531 g/mol. The number of hydrogen-bond donors (Lipinski definition) is 1. The molecule has 0 bridgehead atoms. The fourth-order valence-electron chi connectivity index (χ4n) is 2.66. The van der Waals surface area contributed by atoms with Gasteiger partial charge in [0.05, 0.1) is 17.1 Å². The predicted molar refractivity (Wildman–Crippen MR) is 133 cm³/mol. The molecule has 0 saturated heterocycles. The molecule has 0 aromatic carbocycles. The van der Waals surface area contributed by atoms with E-state index in [-0.39, 0.29) is 11.1 Å². The van der Waals surface area contributed by atoms with Crippen molar-refractivity contribution in [2.24, 2.45) is 16.7 Å². The van der Waals surface area contributed by atoms with Gasteiger partial charge in [0.15, 0.2) is 10.9 Å². The molecule has 0 saturated carbocycles. The zero-order valence-corrected chi connectivity index (χ0v) is 23.2. The summed E-state index contributed by atoms with van der Waals surface area (Å²) in [7, 11) is -4.21. The molecule has 10 nitrogen and oxygen atoms in total. The van der Waals surface area contributed by atoms with Gasteiger partial charge in [-0.1, -0.05) is 13.8 Å². The van der Waals surface area contributed by atoms with Gasteiger partial charge in [0, 0.05) is 4.88 Å². The van der Waals surface area contributed by atoms with Crippen LogP contribution in [-0.4, -0.2) is 30.5 Å². The lowest BCUT2D eigenvalue weighted by molar-refractivity contribution is -0.161. The minimum atomic E-state index is -4.21. The van der Waals surface area contributed by atoms with E-state index in [4.69, 9.17) is 28.7 Å². The summed E-state index contributed by atoms with van der Waals surface area (Å²) in [5.41, 5.74) is 4.79. The Hall–Kier alpha value is -2.20. The van der Waals surface area contributed by atoms with Crippen molar-refractivity contribution >= 4 is 41.3 Å². The first-order chi connectivity index (χ1) is 16.0. The van der Waals surface area contributed by atoms with Crippen molar-refractivity contribution in [1.29, 1.82) is 0 Å². The van der Waals surface area contributed by atoms with Crippen molar-refractivity contribution in [2.75, 3.05) is 19.3 Å². The van der Waals surface area contributed by atoms with Crippen LogP contribution in [0.1, 0.15) is 60.3 Å². The summed E-state index contributed by atoms with van der Waals surface area (Å²) in [4.78, 5) is 29.5. The highest BCUT2D eigenvalue weighted by Gasteiger charge is 2.37. The minimum Gasteiger partial charge on any atom is -0.462 e. The van der Waals surface area contributed by atoms with Crippen LogP contribution < -0.4 is 11.0 Å². The van der Waals surface area contributed by atoms with Gasteiger partial charge >= 0.3 is 19.5 Å². The van der Waals surface area contributed by atoms with Crippen LogP contribution in [0.2, 0.25) is 0 Å². The predicted octanol–water partition coefficient (Wildman–Crippen LogP) is 5.13. The number of esters is 2. The second-order valence-electron chi connectivity index (χ2n) is 10.4. The summed E-state index contributed by atoms with van der Waals surface area (Å²) < 4.78 is 40.8. The second kappa shape index (κ2) is 11.2. The zero-order chi connectivity index (χ0) is 26.6. The summed E-state index contributed by atoms with van der Waals surface area (Å²) in [5, 5.41) is 0.374. The summed E-state index contributed by atoms with van der Waals surface area (Å²) >= 11 is 1.31. The van der Waals surface area contributed by atoms with E-state index < -0.39 is 44.0 Å². The van der Waals surface area contributed by atoms with Crippen LogP contribution in [0.4, 0.5) is 5.13 Å². The molecule has 0 unspecified atom stereocenters. The fourth-order valence-corrected chi connectivity index (χ4v) is 5.09. The van der Waals surface area contributed by atoms with Crippen LogP contribution >= 0.6 is 18.9 Å². The molecular weight excluding hydrogens is 495 g/mol. The number of carbonyl (C=O) groups excluding carboxylic acids is 2. The molecule has 0 aliphatic carbocycles. The summed E-state index contributed by atoms with van der Waals surface area (Å²) in [5.74, 6) is -0.648. The minimum absolute atomic E-state index is 0.0476. The highest BCUT2D eigenvalue weighted by molar-refractivity contribution is 7.62. The first-order valence-corrected chi connectivity index (χ1v) is 13.5. The molecule has 12 heteroatoms. The van der Waals surface area contributed by atoms with Crippen molar-refractivity contribution < 1.29 is 37.1 Å². The number of furan rings is 1. The Balaban J connectivity index is 2.37. The van der Waals surface area contributed by atoms with Gasteiger partial charge in [-0.2, -0.15) is 0 Å². The Bertz CT molecular complexity index is 1040. The van der Waals surface area contributed by atoms with E-state index in [1.165, 1.54) is 23.7 Å². The molecule has 0 aliphatic heterocycles. The van der Waals surface area contributed by atoms with Gasteiger partial charge in [0.1, 0.15) is 11.0 Å². The molecule has 0 fully saturated rings. The van der Waals surface area contributed by atoms with Crippen LogP contribution in [0.15, 0.2) is 16.7 Å². The summed E-state index contributed by atoms with van der Waals surface area (Å²) in [6.45, 7) is 12.8. The lowest BCUT2D eigenvalue weighted by atomic mass is 9.98. The van der Waals surface area contributed by atoms with E-state index in [0.717, 1.165) is 4.88 Å². The molecule has 0 amide bonds. The molecule has 35 heavy (non-hydrogen) atoms. The molecule has 196 valence electrons. The van der Waals surface area contributed by atoms with E-state index in [0.29, 0.717) is 23.2 Å². The molecule has 0 radical (unpaired) electrons. The van der Waals surface area contributed by atoms with Crippen LogP contribution in [0, 0.1) is 16.7 Å². The van der Waals surface area contributed by atoms with Crippen molar-refractivity contribution in [1.82, 2.24) is 4.98 Å². The normalized spacial score (nSPS) is 12.7. The third-order valence-electron chi connectivity index (χ3n) is 4.51. The van der Waals surface area contributed by atoms with Crippen molar-refractivity contribution in [3.63, 3.8) is 0 Å². The lowest BCUT2D eigenvalue weighted by Gasteiger charge is -2.22. The Kier molecular flexibility index (Phi) is 9.33. The fraction of sp³-hybridized carbons (Fsp3) is 0.609. The number of nitrogen functional groups attached to an aromatic ring is 1. The Morgan fingerprint density at radius 3 is 2.03 bits per heavy atom. The van der Waals surface area contributed by atoms with Gasteiger partial charge in [-0.25, -0.2) is 4.98 Å². The third-order valence-corrected chi connectivity index (χ3v) is 7.25. The van der Waals surface area contributed by atoms with Gasteiger partial charge in [-0.3, -0.25) is 23.2 Å². The van der Waals surface area contributed by atoms with Crippen LogP contribution in [-0.2, 0) is 39.1 Å². The van der Waals surface area contributed by atoms with Crippen molar-refractivity contribution in [3.05, 3.63) is 17.2 Å². The number of hydrogen-bond acceptors (Lipinski definition) is 11. The maximum Gasteiger partial charge on any atom is 0.371 e. The molecule has 0 atom stereocenters. The number of anilines is 1. The first kappa shape index (κ1) is 29.0. The molecule has 0 spiro atoms. The number of carbonyl (C=O) groups is 2. The topological polar surface area (TPSA) is 140 Å². The number of nitrogens with zero attached hydrogens (tertiary/aromatic N) is 1. The van der Waals surface area contributed by atoms with Gasteiger partial charge < -0.3 is 19.6 Å². The summed E-state index contributed by atoms with van der Waals surface area (Å²) in [6, 6.07) is 1.42. The van der Waals surface area contributed by atoms with E-state index in [1.807, 2.05) is 13.8 Å². The van der Waals surface area contributed by atoms with Gasteiger partial charge in [-0.05, 0) is 59.9 Å². The van der Waals surface area contributed by atoms with E-state index >= 15 is 0 Å². The van der Waals surface area contributed by atoms with Gasteiger partial charge in [-0.15, -0.1) is 11.3 Å². The molecule has 2 N–H and O–H groups in total. The third kappa shape index (κ3) is 7.90. The van der Waals surface area contributed by atoms with E-state index in [2.05, 4.69) is 4.98 Å². The standard InChI is InChI=1S/C23H35N2O8PS/c1-14(2)11-16-17(25-21(24)35-16)18-15(9-10-29-18)34(28,32-12-30-19(26)22(3,4)5)33-13-31-20(27)23(6,7)8/h9-10,14H,11-13H2,1-8H3,(H2,24,25). The largest absolute Gasteiger partial charge is 0.462 e. The molecular formula is C23H35N2O8PS. The maximum absolute atomic E-state index is 13.9. The number of thiazole rings is 1. The van der Waals surface area contributed by atoms with Crippen LogP contribution in [0.3, 0.4) is 0 Å². The van der Waals surface area contributed by atoms with Gasteiger partial charge in [0.25, 0.3) is 0 Å². The maximum atomic E-state index is 13.9. The second-order valence-corrected chi connectivity index (χ2v) is 13.5. The Labute approximate surface area is 210 Å². The Morgan fingerprint density at radius 2 is 1.57 bits per heavy atom. The van der Waals surface area contributed by atoms with Crippen LogP contribution in [0.25, 0.3) is 11.5 Å². The van der Waals surface area contributed by atoms with Crippen molar-refractivity contribution in [2.45, 2.75) is 61.8 Å². The average Bonchev–Trinajstić information content (AvgIpc) is 3.32. The zero-order valence-electron chi connectivity index (χ0n) is 21.5. The van der Waals surface area contributed by atoms with Crippen LogP contribution in [0.5, 0.6) is 0 Å². The number of nitrogens with two attached hydrogens (primary N) is 1. The lowest BCUT2D eigenvalue weighted by Crippen LogP contribution is -2.26. The van der Waals surface area contributed by atoms with Crippen molar-refractivity contribution in [3.8, 4) is 11.5 Å². The monoisotopic (exact) mass is 530 g/mol. The molecule has 2 heterocycles. The SMILES string of the molecule is CC(C)Cc1sc(N)nc1-c1occc1P(=O)(OCOC(=O)C(C)(C)C)OCOC(=O)C(C)(C)C. The molecule has 0 aliphatic rings. The quantitative estimate of drug-likeness (QED) is 0.250. The highest BCUT2D eigenvalue weighted by Crippen LogP contribution is 2.50. The van der Waals surface area contributed by atoms with E-state index in [9.17, 15) is 14.2 Å². The molecule has 2 aromatic heterocycles. The molecule has 2 rings (SSSR count). The first-order valence-electron chi connectivity index (χ1n) is 11.1. The highest BCUT2D eigenvalue weighted by atomic mass is 32.1. The molecule has 2 aromatic rings. The Morgan fingerprint density at radius 1 is 1.06 bits per heavy atom. The summed E-state index contributed by atoms with van der Waals surface area (Å²) in [6.07, 6.45) is 1.99. The van der Waals surface area contributed by atoms with E-state index in [1.54, 1.807) is 41.5 Å². The van der Waals surface area contributed by atoms with Gasteiger partial charge in [0.2, 0.25) is 13.6 Å². The number of ether oxygens (including phenoxy) is 2. The number of aromatic nitrogens is 1.